The molecule has 17 heavy (non-hydrogen) atoms. The Kier molecular flexibility index (Phi) is 3.34. The number of nitriles is 2. The summed E-state index contributed by atoms with van der Waals surface area (Å²) in [6.45, 7) is 0.228. The molecule has 0 saturated heterocycles. The molecule has 1 heterocycles. The Morgan fingerprint density at radius 2 is 2.18 bits per heavy atom. The molecular formula is C11H5ClN4S. The summed E-state index contributed by atoms with van der Waals surface area (Å²) in [7, 11) is 0. The first kappa shape index (κ1) is 11.5. The summed E-state index contributed by atoms with van der Waals surface area (Å²) in [6.07, 6.45) is 0. The van der Waals surface area contributed by atoms with Gasteiger partial charge in [0.1, 0.15) is 22.7 Å². The van der Waals surface area contributed by atoms with Gasteiger partial charge in [-0.25, -0.2) is 4.98 Å². The van der Waals surface area contributed by atoms with Crippen LogP contribution in [0, 0.1) is 22.7 Å². The maximum absolute atomic E-state index is 8.55. The number of hydrogen-bond acceptors (Lipinski definition) is 5. The van der Waals surface area contributed by atoms with Gasteiger partial charge in [-0.15, -0.1) is 11.3 Å². The van der Waals surface area contributed by atoms with Crippen molar-refractivity contribution in [3.63, 3.8) is 0 Å². The highest BCUT2D eigenvalue weighted by Crippen LogP contribution is 2.28. The lowest BCUT2D eigenvalue weighted by Crippen LogP contribution is -1.90. The third-order valence-corrected chi connectivity index (χ3v) is 3.31. The molecule has 0 amide bonds. The van der Waals surface area contributed by atoms with E-state index in [0.29, 0.717) is 5.02 Å². The maximum atomic E-state index is 8.55. The third kappa shape index (κ3) is 2.42. The maximum Gasteiger partial charge on any atom is 0.213 e. The number of thiazole rings is 1. The van der Waals surface area contributed by atoms with E-state index in [1.54, 1.807) is 18.2 Å². The van der Waals surface area contributed by atoms with Crippen molar-refractivity contribution < 1.29 is 0 Å². The van der Waals surface area contributed by atoms with Gasteiger partial charge in [0.05, 0.1) is 16.3 Å². The zero-order chi connectivity index (χ0) is 12.3. The summed E-state index contributed by atoms with van der Waals surface area (Å²) < 4.78 is 0.971. The SMILES string of the molecule is N#CC(C#N)=NCc1nc2c(Cl)cccc2s1. The van der Waals surface area contributed by atoms with Gasteiger partial charge in [-0.2, -0.15) is 10.5 Å². The molecule has 0 fully saturated rings. The van der Waals surface area contributed by atoms with E-state index in [1.165, 1.54) is 11.3 Å². The average Bonchev–Trinajstić information content (AvgIpc) is 2.75. The van der Waals surface area contributed by atoms with Crippen LogP contribution in [0.15, 0.2) is 23.2 Å². The number of aromatic nitrogens is 1. The standard InChI is InChI=1S/C11H5ClN4S/c12-8-2-1-3-9-11(8)16-10(17-9)6-15-7(4-13)5-14/h1-3H,6H2. The van der Waals surface area contributed by atoms with Crippen molar-refractivity contribution in [3.05, 3.63) is 28.2 Å². The quantitative estimate of drug-likeness (QED) is 0.779. The summed E-state index contributed by atoms with van der Waals surface area (Å²) in [5, 5.41) is 18.4. The van der Waals surface area contributed by atoms with Crippen LogP contribution < -0.4 is 0 Å². The summed E-state index contributed by atoms with van der Waals surface area (Å²) in [6, 6.07) is 8.96. The van der Waals surface area contributed by atoms with Crippen LogP contribution in [0.1, 0.15) is 5.01 Å². The summed E-state index contributed by atoms with van der Waals surface area (Å²) in [5.41, 5.74) is 0.593. The van der Waals surface area contributed by atoms with Crippen molar-refractivity contribution in [1.82, 2.24) is 4.98 Å². The van der Waals surface area contributed by atoms with Crippen molar-refractivity contribution in [3.8, 4) is 12.1 Å². The molecule has 82 valence electrons. The Bertz CT molecular complexity index is 659. The molecule has 0 aliphatic heterocycles. The van der Waals surface area contributed by atoms with E-state index in [4.69, 9.17) is 22.1 Å². The minimum absolute atomic E-state index is 0.143. The van der Waals surface area contributed by atoms with Crippen LogP contribution in [0.3, 0.4) is 0 Å². The molecule has 0 spiro atoms. The zero-order valence-corrected chi connectivity index (χ0v) is 10.1. The van der Waals surface area contributed by atoms with E-state index < -0.39 is 0 Å². The number of para-hydroxylation sites is 1. The number of benzene rings is 1. The number of hydrogen-bond donors (Lipinski definition) is 0. The predicted octanol–water partition coefficient (Wildman–Crippen LogP) is 2.94. The third-order valence-electron chi connectivity index (χ3n) is 2.00. The Labute approximate surface area is 106 Å². The Hall–Kier alpha value is -1.95. The second kappa shape index (κ2) is 4.92. The largest absolute Gasteiger partial charge is 0.257 e. The summed E-state index contributed by atoms with van der Waals surface area (Å²) >= 11 is 7.44. The van der Waals surface area contributed by atoms with Crippen molar-refractivity contribution in [2.24, 2.45) is 4.99 Å². The molecule has 2 rings (SSSR count). The normalized spacial score (nSPS) is 9.59. The molecule has 0 saturated carbocycles. The lowest BCUT2D eigenvalue weighted by atomic mass is 10.3. The van der Waals surface area contributed by atoms with Gasteiger partial charge in [0.25, 0.3) is 0 Å². The highest BCUT2D eigenvalue weighted by molar-refractivity contribution is 7.18. The van der Waals surface area contributed by atoms with Gasteiger partial charge < -0.3 is 0 Å². The molecule has 0 N–H and O–H groups in total. The number of aliphatic imine (C=N–C) groups is 1. The monoisotopic (exact) mass is 260 g/mol. The molecule has 0 aliphatic rings. The van der Waals surface area contributed by atoms with Crippen LogP contribution in [-0.4, -0.2) is 10.7 Å². The van der Waals surface area contributed by atoms with Gasteiger partial charge in [-0.3, -0.25) is 4.99 Å². The highest BCUT2D eigenvalue weighted by atomic mass is 35.5. The highest BCUT2D eigenvalue weighted by Gasteiger charge is 2.06. The van der Waals surface area contributed by atoms with Crippen molar-refractivity contribution in [2.75, 3.05) is 0 Å². The number of nitrogens with zero attached hydrogens (tertiary/aromatic N) is 4. The molecule has 2 aromatic rings. The molecule has 1 aromatic heterocycles. The lowest BCUT2D eigenvalue weighted by molar-refractivity contribution is 1.05. The van der Waals surface area contributed by atoms with Crippen LogP contribution >= 0.6 is 22.9 Å². The fraction of sp³-hybridized carbons (Fsp3) is 0.0909. The fourth-order valence-corrected chi connectivity index (χ4v) is 2.46. The van der Waals surface area contributed by atoms with E-state index in [1.807, 2.05) is 12.1 Å². The lowest BCUT2D eigenvalue weighted by Gasteiger charge is -1.88. The van der Waals surface area contributed by atoms with Crippen LogP contribution in [0.25, 0.3) is 10.2 Å². The van der Waals surface area contributed by atoms with Gasteiger partial charge in [-0.1, -0.05) is 17.7 Å². The number of halogens is 1. The van der Waals surface area contributed by atoms with Crippen LogP contribution in [0.4, 0.5) is 0 Å². The topological polar surface area (TPSA) is 72.8 Å². The van der Waals surface area contributed by atoms with Gasteiger partial charge in [0, 0.05) is 0 Å². The fourth-order valence-electron chi connectivity index (χ4n) is 1.27. The second-order valence-electron chi connectivity index (χ2n) is 3.08. The summed E-state index contributed by atoms with van der Waals surface area (Å²) in [4.78, 5) is 8.17. The van der Waals surface area contributed by atoms with Crippen LogP contribution in [-0.2, 0) is 6.54 Å². The molecule has 4 nitrogen and oxygen atoms in total. The molecular weight excluding hydrogens is 256 g/mol. The van der Waals surface area contributed by atoms with E-state index in [-0.39, 0.29) is 12.3 Å². The van der Waals surface area contributed by atoms with Gasteiger partial charge >= 0.3 is 0 Å². The molecule has 0 aliphatic carbocycles. The average molecular weight is 261 g/mol. The van der Waals surface area contributed by atoms with E-state index in [0.717, 1.165) is 15.2 Å². The minimum atomic E-state index is -0.143. The predicted molar refractivity (Wildman–Crippen MR) is 67.0 cm³/mol. The summed E-state index contributed by atoms with van der Waals surface area (Å²) in [5.74, 6) is 0. The first-order valence-electron chi connectivity index (χ1n) is 4.63. The van der Waals surface area contributed by atoms with E-state index in [9.17, 15) is 0 Å². The van der Waals surface area contributed by atoms with E-state index >= 15 is 0 Å². The molecule has 6 heteroatoms. The molecule has 0 radical (unpaired) electrons. The van der Waals surface area contributed by atoms with Gasteiger partial charge in [-0.05, 0) is 12.1 Å². The van der Waals surface area contributed by atoms with Gasteiger partial charge in [0.2, 0.25) is 5.71 Å². The van der Waals surface area contributed by atoms with Crippen LogP contribution in [0.5, 0.6) is 0 Å². The Morgan fingerprint density at radius 1 is 1.41 bits per heavy atom. The van der Waals surface area contributed by atoms with Crippen LogP contribution in [0.2, 0.25) is 5.02 Å². The zero-order valence-electron chi connectivity index (χ0n) is 8.51. The van der Waals surface area contributed by atoms with E-state index in [2.05, 4.69) is 9.98 Å². The first-order valence-corrected chi connectivity index (χ1v) is 5.82. The van der Waals surface area contributed by atoms with Crippen molar-refractivity contribution in [2.45, 2.75) is 6.54 Å². The number of fused-ring (bicyclic) bond motifs is 1. The molecule has 1 aromatic carbocycles. The smallest absolute Gasteiger partial charge is 0.213 e. The molecule has 0 unspecified atom stereocenters. The Balaban J connectivity index is 2.34. The second-order valence-corrected chi connectivity index (χ2v) is 4.61. The van der Waals surface area contributed by atoms with Gasteiger partial charge in [0.15, 0.2) is 0 Å². The molecule has 0 atom stereocenters. The van der Waals surface area contributed by atoms with Crippen molar-refractivity contribution in [1.29, 1.82) is 10.5 Å². The Morgan fingerprint density at radius 3 is 2.82 bits per heavy atom. The minimum Gasteiger partial charge on any atom is -0.257 e. The first-order chi connectivity index (χ1) is 8.24. The number of rotatable bonds is 2. The van der Waals surface area contributed by atoms with Crippen molar-refractivity contribution >= 4 is 38.9 Å². The molecule has 0 bridgehead atoms.